The highest BCUT2D eigenvalue weighted by molar-refractivity contribution is 6.08. The van der Waals surface area contributed by atoms with Crippen LogP contribution in [-0.2, 0) is 11.2 Å². The van der Waals surface area contributed by atoms with Gasteiger partial charge in [0.05, 0.1) is 25.5 Å². The molecule has 2 rings (SSSR count). The molecule has 28 heavy (non-hydrogen) atoms. The summed E-state index contributed by atoms with van der Waals surface area (Å²) < 4.78 is 10.5. The molecular weight excluding hydrogens is 356 g/mol. The van der Waals surface area contributed by atoms with Gasteiger partial charge in [-0.1, -0.05) is 31.5 Å². The minimum absolute atomic E-state index is 0.307. The lowest BCUT2D eigenvalue weighted by molar-refractivity contribution is -0.111. The molecule has 0 aliphatic carbocycles. The van der Waals surface area contributed by atoms with E-state index in [0.29, 0.717) is 22.7 Å². The summed E-state index contributed by atoms with van der Waals surface area (Å²) in [5.41, 5.74) is 7.94. The van der Waals surface area contributed by atoms with E-state index in [-0.39, 0.29) is 5.91 Å². The molecule has 3 N–H and O–H groups in total. The first kappa shape index (κ1) is 21.0. The highest BCUT2D eigenvalue weighted by Crippen LogP contribution is 2.28. The fourth-order valence-electron chi connectivity index (χ4n) is 2.82. The van der Waals surface area contributed by atoms with Crippen molar-refractivity contribution < 1.29 is 19.1 Å². The largest absolute Gasteiger partial charge is 0.493 e. The Labute approximate surface area is 165 Å². The molecule has 0 saturated heterocycles. The third-order valence-electron chi connectivity index (χ3n) is 4.30. The van der Waals surface area contributed by atoms with Gasteiger partial charge in [-0.2, -0.15) is 0 Å². The van der Waals surface area contributed by atoms with Gasteiger partial charge >= 0.3 is 0 Å². The number of amides is 2. The average Bonchev–Trinajstić information content (AvgIpc) is 2.70. The lowest BCUT2D eigenvalue weighted by atomic mass is 10.0. The SMILES string of the molecule is CCCCc1cccc(C(N)=O)c1NC(=O)C=Cc1ccc(OC)c(OC)c1. The smallest absolute Gasteiger partial charge is 0.250 e. The fraction of sp³-hybridized carbons (Fsp3) is 0.273. The Morgan fingerprint density at radius 3 is 2.50 bits per heavy atom. The number of nitrogens with two attached hydrogens (primary N) is 1. The first-order valence-electron chi connectivity index (χ1n) is 9.13. The number of hydrogen-bond acceptors (Lipinski definition) is 4. The van der Waals surface area contributed by atoms with Crippen LogP contribution in [-0.4, -0.2) is 26.0 Å². The van der Waals surface area contributed by atoms with Crippen molar-refractivity contribution in [2.45, 2.75) is 26.2 Å². The van der Waals surface area contributed by atoms with E-state index < -0.39 is 5.91 Å². The van der Waals surface area contributed by atoms with E-state index in [1.54, 1.807) is 44.6 Å². The third-order valence-corrected chi connectivity index (χ3v) is 4.30. The lowest BCUT2D eigenvalue weighted by Gasteiger charge is -2.13. The van der Waals surface area contributed by atoms with Crippen LogP contribution in [0.25, 0.3) is 6.08 Å². The lowest BCUT2D eigenvalue weighted by Crippen LogP contribution is -2.18. The molecule has 0 saturated carbocycles. The number of carbonyl (C=O) groups is 2. The van der Waals surface area contributed by atoms with Crippen molar-refractivity contribution >= 4 is 23.6 Å². The number of rotatable bonds is 9. The summed E-state index contributed by atoms with van der Waals surface area (Å²) in [4.78, 5) is 24.2. The molecule has 0 aliphatic rings. The number of aryl methyl sites for hydroxylation is 1. The number of para-hydroxylation sites is 1. The van der Waals surface area contributed by atoms with Gasteiger partial charge in [0.2, 0.25) is 5.91 Å². The quantitative estimate of drug-likeness (QED) is 0.646. The molecule has 0 atom stereocenters. The number of hydrogen-bond donors (Lipinski definition) is 2. The van der Waals surface area contributed by atoms with E-state index in [1.807, 2.05) is 12.1 Å². The number of nitrogens with one attached hydrogen (secondary N) is 1. The first-order chi connectivity index (χ1) is 13.5. The van der Waals surface area contributed by atoms with Crippen LogP contribution in [0.2, 0.25) is 0 Å². The number of unbranched alkanes of at least 4 members (excludes halogenated alkanes) is 1. The van der Waals surface area contributed by atoms with Gasteiger partial charge in [-0.05, 0) is 48.2 Å². The Balaban J connectivity index is 2.22. The van der Waals surface area contributed by atoms with Crippen molar-refractivity contribution in [1.29, 1.82) is 0 Å². The molecular formula is C22H26N2O4. The molecule has 2 amide bonds. The monoisotopic (exact) mass is 382 g/mol. The van der Waals surface area contributed by atoms with Gasteiger partial charge in [0.1, 0.15) is 0 Å². The molecule has 2 aromatic carbocycles. The summed E-state index contributed by atoms with van der Waals surface area (Å²) in [5, 5.41) is 2.81. The van der Waals surface area contributed by atoms with E-state index in [2.05, 4.69) is 12.2 Å². The van der Waals surface area contributed by atoms with E-state index in [0.717, 1.165) is 30.4 Å². The molecule has 0 heterocycles. The predicted molar refractivity (Wildman–Crippen MR) is 111 cm³/mol. The summed E-state index contributed by atoms with van der Waals surface area (Å²) >= 11 is 0. The van der Waals surface area contributed by atoms with E-state index >= 15 is 0 Å². The van der Waals surface area contributed by atoms with Crippen molar-refractivity contribution in [2.24, 2.45) is 5.73 Å². The minimum Gasteiger partial charge on any atom is -0.493 e. The van der Waals surface area contributed by atoms with Gasteiger partial charge in [0, 0.05) is 6.08 Å². The summed E-state index contributed by atoms with van der Waals surface area (Å²) in [6, 6.07) is 10.6. The number of benzene rings is 2. The van der Waals surface area contributed by atoms with Gasteiger partial charge in [0.15, 0.2) is 11.5 Å². The molecule has 0 aliphatic heterocycles. The second-order valence-electron chi connectivity index (χ2n) is 6.24. The van der Waals surface area contributed by atoms with Crippen molar-refractivity contribution in [3.63, 3.8) is 0 Å². The van der Waals surface area contributed by atoms with E-state index in [9.17, 15) is 9.59 Å². The molecule has 148 valence electrons. The number of methoxy groups -OCH3 is 2. The van der Waals surface area contributed by atoms with Crippen LogP contribution in [0.5, 0.6) is 11.5 Å². The highest BCUT2D eigenvalue weighted by Gasteiger charge is 2.14. The summed E-state index contributed by atoms with van der Waals surface area (Å²) in [6.07, 6.45) is 5.78. The Hall–Kier alpha value is -3.28. The van der Waals surface area contributed by atoms with Gasteiger partial charge in [-0.15, -0.1) is 0 Å². The number of ether oxygens (including phenoxy) is 2. The van der Waals surface area contributed by atoms with Crippen LogP contribution in [0.4, 0.5) is 5.69 Å². The van der Waals surface area contributed by atoms with Crippen LogP contribution < -0.4 is 20.5 Å². The average molecular weight is 382 g/mol. The second kappa shape index (κ2) is 10.2. The van der Waals surface area contributed by atoms with Crippen molar-refractivity contribution in [2.75, 3.05) is 19.5 Å². The molecule has 0 spiro atoms. The third kappa shape index (κ3) is 5.36. The molecule has 0 unspecified atom stereocenters. The Morgan fingerprint density at radius 2 is 1.86 bits per heavy atom. The van der Waals surface area contributed by atoms with Crippen LogP contribution in [0.15, 0.2) is 42.5 Å². The standard InChI is InChI=1S/C22H26N2O4/c1-4-5-7-16-8-6-9-17(22(23)26)21(16)24-20(25)13-11-15-10-12-18(27-2)19(14-15)28-3/h6,8-14H,4-5,7H2,1-3H3,(H2,23,26)(H,24,25). The first-order valence-corrected chi connectivity index (χ1v) is 9.13. The highest BCUT2D eigenvalue weighted by atomic mass is 16.5. The van der Waals surface area contributed by atoms with Crippen LogP contribution in [0.3, 0.4) is 0 Å². The molecule has 0 bridgehead atoms. The van der Waals surface area contributed by atoms with Gasteiger partial charge in [-0.25, -0.2) is 0 Å². The molecule has 0 fully saturated rings. The van der Waals surface area contributed by atoms with Gasteiger partial charge in [-0.3, -0.25) is 9.59 Å². The fourth-order valence-corrected chi connectivity index (χ4v) is 2.82. The van der Waals surface area contributed by atoms with E-state index in [1.165, 1.54) is 6.08 Å². The maximum Gasteiger partial charge on any atom is 0.250 e. The molecule has 0 radical (unpaired) electrons. The van der Waals surface area contributed by atoms with Gasteiger partial charge < -0.3 is 20.5 Å². The normalized spacial score (nSPS) is 10.7. The topological polar surface area (TPSA) is 90.7 Å². The predicted octanol–water partition coefficient (Wildman–Crippen LogP) is 3.80. The number of anilines is 1. The Bertz CT molecular complexity index is 875. The maximum atomic E-state index is 12.5. The van der Waals surface area contributed by atoms with Crippen LogP contribution >= 0.6 is 0 Å². The number of carbonyl (C=O) groups excluding carboxylic acids is 2. The summed E-state index contributed by atoms with van der Waals surface area (Å²) in [7, 11) is 3.11. The van der Waals surface area contributed by atoms with Crippen molar-refractivity contribution in [3.8, 4) is 11.5 Å². The van der Waals surface area contributed by atoms with E-state index in [4.69, 9.17) is 15.2 Å². The molecule has 6 heteroatoms. The summed E-state index contributed by atoms with van der Waals surface area (Å²) in [5.74, 6) is 0.268. The Kier molecular flexibility index (Phi) is 7.63. The zero-order chi connectivity index (χ0) is 20.5. The second-order valence-corrected chi connectivity index (χ2v) is 6.24. The van der Waals surface area contributed by atoms with Crippen molar-refractivity contribution in [3.05, 3.63) is 59.2 Å². The molecule has 0 aromatic heterocycles. The molecule has 6 nitrogen and oxygen atoms in total. The number of primary amides is 1. The summed E-state index contributed by atoms with van der Waals surface area (Å²) in [6.45, 7) is 2.09. The van der Waals surface area contributed by atoms with Crippen LogP contribution in [0, 0.1) is 0 Å². The van der Waals surface area contributed by atoms with Gasteiger partial charge in [0.25, 0.3) is 5.91 Å². The van der Waals surface area contributed by atoms with Crippen molar-refractivity contribution in [1.82, 2.24) is 0 Å². The van der Waals surface area contributed by atoms with Crippen LogP contribution in [0.1, 0.15) is 41.3 Å². The maximum absolute atomic E-state index is 12.5. The minimum atomic E-state index is -0.572. The molecule has 2 aromatic rings. The zero-order valence-electron chi connectivity index (χ0n) is 16.5. The Morgan fingerprint density at radius 1 is 1.11 bits per heavy atom. The zero-order valence-corrected chi connectivity index (χ0v) is 16.5.